The smallest absolute Gasteiger partial charge is 0.475 e. The van der Waals surface area contributed by atoms with Gasteiger partial charge in [0.15, 0.2) is 11.4 Å². The number of hydrogen-bond acceptors (Lipinski definition) is 6. The number of carboxylic acid groups (broad SMARTS) is 1. The molecule has 1 aliphatic heterocycles. The molecule has 14 heteroatoms. The zero-order valence-corrected chi connectivity index (χ0v) is 14.3. The third-order valence-corrected chi connectivity index (χ3v) is 3.60. The van der Waals surface area contributed by atoms with Crippen LogP contribution in [0, 0.1) is 0 Å². The lowest BCUT2D eigenvalue weighted by molar-refractivity contribution is -0.192. The van der Waals surface area contributed by atoms with Crippen LogP contribution in [0.3, 0.4) is 0 Å². The summed E-state index contributed by atoms with van der Waals surface area (Å²) in [5, 5.41) is 19.4. The second kappa shape index (κ2) is 8.55. The highest BCUT2D eigenvalue weighted by atomic mass is 19.4. The number of nitrogens with one attached hydrogen (secondary N) is 3. The number of alkyl halides is 6. The van der Waals surface area contributed by atoms with Gasteiger partial charge in [0.25, 0.3) is 0 Å². The molecule has 0 unspecified atom stereocenters. The molecule has 0 atom stereocenters. The Bertz CT molecular complexity index is 876. The van der Waals surface area contributed by atoms with Gasteiger partial charge in [0.05, 0.1) is 23.5 Å². The Morgan fingerprint density at radius 1 is 1.21 bits per heavy atom. The monoisotopic (exact) mass is 428 g/mol. The number of rotatable bonds is 4. The molecule has 2 heterocycles. The first-order valence-electron chi connectivity index (χ1n) is 7.88. The number of carbonyl (C=O) groups is 2. The van der Waals surface area contributed by atoms with Crippen LogP contribution >= 0.6 is 0 Å². The van der Waals surface area contributed by atoms with Crippen molar-refractivity contribution in [2.45, 2.75) is 18.4 Å². The highest BCUT2D eigenvalue weighted by Crippen LogP contribution is 2.33. The number of halogens is 6. The molecule has 1 amide bonds. The summed E-state index contributed by atoms with van der Waals surface area (Å²) >= 11 is 0. The van der Waals surface area contributed by atoms with E-state index in [4.69, 9.17) is 14.4 Å². The van der Waals surface area contributed by atoms with Gasteiger partial charge in [-0.15, -0.1) is 0 Å². The van der Waals surface area contributed by atoms with E-state index >= 15 is 0 Å². The Balaban J connectivity index is 0.000000370. The molecule has 1 saturated heterocycles. The molecule has 0 radical (unpaired) electrons. The maximum atomic E-state index is 12.7. The first kappa shape index (κ1) is 22.3. The van der Waals surface area contributed by atoms with E-state index < -0.39 is 23.9 Å². The zero-order valence-electron chi connectivity index (χ0n) is 14.3. The van der Waals surface area contributed by atoms with Gasteiger partial charge in [-0.1, -0.05) is 5.16 Å². The third kappa shape index (κ3) is 6.23. The Morgan fingerprint density at radius 3 is 2.31 bits per heavy atom. The van der Waals surface area contributed by atoms with Gasteiger partial charge in [0.2, 0.25) is 5.91 Å². The topological polar surface area (TPSA) is 116 Å². The van der Waals surface area contributed by atoms with Crippen LogP contribution in [0.1, 0.15) is 5.56 Å². The summed E-state index contributed by atoms with van der Waals surface area (Å²) in [5.41, 5.74) is -0.574. The molecule has 2 aromatic rings. The van der Waals surface area contributed by atoms with E-state index in [1.807, 2.05) is 0 Å². The SMILES string of the molecule is O=C(CNc1noc2ccc(C(F)(F)F)cc12)NC1CNC1.O=C(O)C(F)(F)F. The number of fused-ring (bicyclic) bond motifs is 1. The molecular formula is C15H14F6N4O4. The van der Waals surface area contributed by atoms with E-state index in [2.05, 4.69) is 21.1 Å². The average Bonchev–Trinajstić information content (AvgIpc) is 2.97. The van der Waals surface area contributed by atoms with Crippen molar-refractivity contribution in [2.24, 2.45) is 0 Å². The number of amides is 1. The molecule has 3 rings (SSSR count). The van der Waals surface area contributed by atoms with E-state index in [-0.39, 0.29) is 35.3 Å². The predicted octanol–water partition coefficient (Wildman–Crippen LogP) is 1.98. The number of aliphatic carboxylic acids is 1. The molecule has 0 bridgehead atoms. The largest absolute Gasteiger partial charge is 0.490 e. The molecule has 0 saturated carbocycles. The molecule has 1 aliphatic rings. The standard InChI is InChI=1S/C13H13F3N4O2.C2HF3O2/c14-13(15,16)7-1-2-10-9(3-7)12(20-22-10)18-6-11(21)19-8-4-17-5-8;3-2(4,5)1(6)7/h1-3,8,17H,4-6H2,(H,18,20)(H,19,21);(H,6,7). The second-order valence-electron chi connectivity index (χ2n) is 5.82. The minimum atomic E-state index is -5.08. The summed E-state index contributed by atoms with van der Waals surface area (Å²) < 4.78 is 74.8. The molecule has 8 nitrogen and oxygen atoms in total. The van der Waals surface area contributed by atoms with E-state index in [0.29, 0.717) is 13.1 Å². The van der Waals surface area contributed by atoms with Crippen molar-refractivity contribution in [1.82, 2.24) is 15.8 Å². The van der Waals surface area contributed by atoms with Crippen LogP contribution in [0.25, 0.3) is 11.0 Å². The van der Waals surface area contributed by atoms with Crippen LogP contribution in [0.2, 0.25) is 0 Å². The summed E-state index contributed by atoms with van der Waals surface area (Å²) in [6, 6.07) is 3.17. The van der Waals surface area contributed by atoms with Gasteiger partial charge in [-0.3, -0.25) is 4.79 Å². The van der Waals surface area contributed by atoms with Gasteiger partial charge in [-0.05, 0) is 18.2 Å². The van der Waals surface area contributed by atoms with E-state index in [0.717, 1.165) is 12.1 Å². The van der Waals surface area contributed by atoms with Gasteiger partial charge < -0.3 is 25.6 Å². The van der Waals surface area contributed by atoms with Crippen molar-refractivity contribution in [3.63, 3.8) is 0 Å². The van der Waals surface area contributed by atoms with E-state index in [1.165, 1.54) is 6.07 Å². The second-order valence-corrected chi connectivity index (χ2v) is 5.82. The number of benzene rings is 1. The minimum absolute atomic E-state index is 0.0889. The quantitative estimate of drug-likeness (QED) is 0.551. The van der Waals surface area contributed by atoms with E-state index in [9.17, 15) is 31.1 Å². The van der Waals surface area contributed by atoms with E-state index in [1.54, 1.807) is 0 Å². The molecule has 0 spiro atoms. The lowest BCUT2D eigenvalue weighted by Crippen LogP contribution is -2.57. The van der Waals surface area contributed by atoms with Gasteiger partial charge in [-0.2, -0.15) is 26.3 Å². The van der Waals surface area contributed by atoms with Crippen LogP contribution in [-0.4, -0.2) is 54.0 Å². The Kier molecular flexibility index (Phi) is 6.56. The van der Waals surface area contributed by atoms with Crippen molar-refractivity contribution in [3.8, 4) is 0 Å². The van der Waals surface area contributed by atoms with Crippen molar-refractivity contribution >= 4 is 28.7 Å². The Hall–Kier alpha value is -3.03. The fourth-order valence-corrected chi connectivity index (χ4v) is 2.08. The van der Waals surface area contributed by atoms with Crippen molar-refractivity contribution in [1.29, 1.82) is 0 Å². The fourth-order valence-electron chi connectivity index (χ4n) is 2.08. The Morgan fingerprint density at radius 2 is 1.83 bits per heavy atom. The molecule has 29 heavy (non-hydrogen) atoms. The van der Waals surface area contributed by atoms with Crippen LogP contribution in [0.15, 0.2) is 22.7 Å². The number of nitrogens with zero attached hydrogens (tertiary/aromatic N) is 1. The summed E-state index contributed by atoms with van der Waals surface area (Å²) in [7, 11) is 0. The summed E-state index contributed by atoms with van der Waals surface area (Å²) in [6.45, 7) is 1.34. The first-order valence-corrected chi connectivity index (χ1v) is 7.88. The molecule has 4 N–H and O–H groups in total. The van der Waals surface area contributed by atoms with Gasteiger partial charge in [0.1, 0.15) is 0 Å². The average molecular weight is 428 g/mol. The van der Waals surface area contributed by atoms with Crippen LogP contribution in [-0.2, 0) is 15.8 Å². The molecule has 1 aromatic heterocycles. The minimum Gasteiger partial charge on any atom is -0.475 e. The third-order valence-electron chi connectivity index (χ3n) is 3.60. The van der Waals surface area contributed by atoms with Crippen LogP contribution < -0.4 is 16.0 Å². The number of hydrogen-bond donors (Lipinski definition) is 4. The van der Waals surface area contributed by atoms with Crippen molar-refractivity contribution in [2.75, 3.05) is 25.0 Å². The number of carboxylic acids is 1. The van der Waals surface area contributed by atoms with Gasteiger partial charge in [-0.25, -0.2) is 4.79 Å². The lowest BCUT2D eigenvalue weighted by atomic mass is 10.1. The van der Waals surface area contributed by atoms with Gasteiger partial charge in [0, 0.05) is 13.1 Å². The predicted molar refractivity (Wildman–Crippen MR) is 86.0 cm³/mol. The van der Waals surface area contributed by atoms with Crippen LogP contribution in [0.4, 0.5) is 32.2 Å². The number of aromatic nitrogens is 1. The highest BCUT2D eigenvalue weighted by Gasteiger charge is 2.38. The normalized spacial score (nSPS) is 14.6. The van der Waals surface area contributed by atoms with Crippen molar-refractivity contribution in [3.05, 3.63) is 23.8 Å². The fraction of sp³-hybridized carbons (Fsp3) is 0.400. The van der Waals surface area contributed by atoms with Crippen LogP contribution in [0.5, 0.6) is 0 Å². The molecule has 160 valence electrons. The number of carbonyl (C=O) groups excluding carboxylic acids is 1. The summed E-state index contributed by atoms with van der Waals surface area (Å²) in [5.74, 6) is -2.90. The van der Waals surface area contributed by atoms with Gasteiger partial charge >= 0.3 is 18.3 Å². The highest BCUT2D eigenvalue weighted by molar-refractivity contribution is 5.90. The maximum absolute atomic E-state index is 12.7. The van der Waals surface area contributed by atoms with Crippen molar-refractivity contribution < 1.29 is 45.6 Å². The molecule has 0 aliphatic carbocycles. The Labute approximate surface area is 158 Å². The molecular weight excluding hydrogens is 414 g/mol. The lowest BCUT2D eigenvalue weighted by Gasteiger charge is -2.27. The summed E-state index contributed by atoms with van der Waals surface area (Å²) in [6.07, 6.45) is -9.53. The zero-order chi connectivity index (χ0) is 21.8. The molecule has 1 aromatic carbocycles. The number of anilines is 1. The maximum Gasteiger partial charge on any atom is 0.490 e. The first-order chi connectivity index (χ1) is 13.4. The molecule has 1 fully saturated rings. The summed E-state index contributed by atoms with van der Waals surface area (Å²) in [4.78, 5) is 20.6.